The van der Waals surface area contributed by atoms with Crippen molar-refractivity contribution in [1.82, 2.24) is 0 Å². The summed E-state index contributed by atoms with van der Waals surface area (Å²) in [6, 6.07) is 0. The standard InChI is InChI=1S/C21H42O3/c1-3-5-6-7-8-9-10-11-12-13-14-15-16-17-18-23-20-21(19-22)24-4-2/h4,21-22H,2-3,5-20H2,1H3. The molecule has 0 saturated carbocycles. The predicted molar refractivity (Wildman–Crippen MR) is 103 cm³/mol. The molecule has 0 aliphatic rings. The fourth-order valence-electron chi connectivity index (χ4n) is 2.88. The summed E-state index contributed by atoms with van der Waals surface area (Å²) in [5, 5.41) is 9.03. The number of aliphatic hydroxyl groups excluding tert-OH is 1. The van der Waals surface area contributed by atoms with Gasteiger partial charge in [0.15, 0.2) is 0 Å². The lowest BCUT2D eigenvalue weighted by molar-refractivity contribution is -0.00301. The zero-order chi connectivity index (χ0) is 17.7. The molecule has 0 aliphatic carbocycles. The number of hydrogen-bond acceptors (Lipinski definition) is 3. The molecule has 0 aromatic rings. The second-order valence-electron chi connectivity index (χ2n) is 6.78. The molecular formula is C21H42O3. The van der Waals surface area contributed by atoms with Gasteiger partial charge in [0.25, 0.3) is 0 Å². The van der Waals surface area contributed by atoms with Crippen LogP contribution in [0.15, 0.2) is 12.8 Å². The first-order valence-corrected chi connectivity index (χ1v) is 10.3. The summed E-state index contributed by atoms with van der Waals surface area (Å²) >= 11 is 0. The van der Waals surface area contributed by atoms with E-state index in [1.807, 2.05) is 0 Å². The molecule has 1 unspecified atom stereocenters. The minimum atomic E-state index is -0.269. The second-order valence-corrected chi connectivity index (χ2v) is 6.78. The smallest absolute Gasteiger partial charge is 0.144 e. The van der Waals surface area contributed by atoms with E-state index < -0.39 is 0 Å². The van der Waals surface area contributed by atoms with Crippen LogP contribution in [0.4, 0.5) is 0 Å². The molecule has 0 radical (unpaired) electrons. The number of aliphatic hydroxyl groups is 1. The summed E-state index contributed by atoms with van der Waals surface area (Å²) in [4.78, 5) is 0. The Morgan fingerprint density at radius 3 is 1.67 bits per heavy atom. The van der Waals surface area contributed by atoms with Crippen molar-refractivity contribution in [2.75, 3.05) is 19.8 Å². The lowest BCUT2D eigenvalue weighted by Gasteiger charge is -2.13. The summed E-state index contributed by atoms with van der Waals surface area (Å²) in [5.41, 5.74) is 0. The van der Waals surface area contributed by atoms with Crippen molar-refractivity contribution in [2.24, 2.45) is 0 Å². The summed E-state index contributed by atoms with van der Waals surface area (Å²) in [6.07, 6.45) is 20.2. The first kappa shape index (κ1) is 23.5. The van der Waals surface area contributed by atoms with E-state index in [1.165, 1.54) is 89.7 Å². The molecule has 0 rings (SSSR count). The van der Waals surface area contributed by atoms with Gasteiger partial charge in [-0.25, -0.2) is 0 Å². The Bertz CT molecular complexity index is 243. The Kier molecular flexibility index (Phi) is 20.0. The number of hydrogen-bond donors (Lipinski definition) is 1. The minimum Gasteiger partial charge on any atom is -0.494 e. The van der Waals surface area contributed by atoms with Crippen LogP contribution in [0.5, 0.6) is 0 Å². The third-order valence-corrected chi connectivity index (χ3v) is 4.44. The van der Waals surface area contributed by atoms with Crippen molar-refractivity contribution in [3.63, 3.8) is 0 Å². The normalized spacial score (nSPS) is 12.2. The van der Waals surface area contributed by atoms with Crippen LogP contribution in [0, 0.1) is 0 Å². The minimum absolute atomic E-state index is 0.0231. The van der Waals surface area contributed by atoms with E-state index in [9.17, 15) is 0 Å². The summed E-state index contributed by atoms with van der Waals surface area (Å²) in [5.74, 6) is 0. The third kappa shape index (κ3) is 17.8. The van der Waals surface area contributed by atoms with E-state index in [1.54, 1.807) is 0 Å². The summed E-state index contributed by atoms with van der Waals surface area (Å²) in [6.45, 7) is 6.94. The molecule has 0 heterocycles. The largest absolute Gasteiger partial charge is 0.494 e. The van der Waals surface area contributed by atoms with Gasteiger partial charge in [-0.05, 0) is 6.42 Å². The molecule has 24 heavy (non-hydrogen) atoms. The van der Waals surface area contributed by atoms with Gasteiger partial charge in [-0.1, -0.05) is 97.0 Å². The molecule has 144 valence electrons. The highest BCUT2D eigenvalue weighted by Gasteiger charge is 2.05. The van der Waals surface area contributed by atoms with Crippen LogP contribution in [0.25, 0.3) is 0 Å². The maximum Gasteiger partial charge on any atom is 0.144 e. The molecule has 0 aromatic heterocycles. The van der Waals surface area contributed by atoms with E-state index >= 15 is 0 Å². The van der Waals surface area contributed by atoms with Gasteiger partial charge in [0, 0.05) is 6.61 Å². The van der Waals surface area contributed by atoms with Gasteiger partial charge in [-0.3, -0.25) is 0 Å². The van der Waals surface area contributed by atoms with Crippen molar-refractivity contribution < 1.29 is 14.6 Å². The highest BCUT2D eigenvalue weighted by Crippen LogP contribution is 2.12. The number of ether oxygens (including phenoxy) is 2. The van der Waals surface area contributed by atoms with Crippen LogP contribution < -0.4 is 0 Å². The van der Waals surface area contributed by atoms with E-state index in [0.717, 1.165) is 13.0 Å². The Labute approximate surface area is 150 Å². The Balaban J connectivity index is 3.08. The fraction of sp³-hybridized carbons (Fsp3) is 0.905. The van der Waals surface area contributed by atoms with Crippen LogP contribution in [0.2, 0.25) is 0 Å². The van der Waals surface area contributed by atoms with Gasteiger partial charge >= 0.3 is 0 Å². The molecule has 0 amide bonds. The second kappa shape index (κ2) is 20.5. The summed E-state index contributed by atoms with van der Waals surface area (Å²) in [7, 11) is 0. The van der Waals surface area contributed by atoms with Crippen LogP contribution in [0.1, 0.15) is 96.8 Å². The average molecular weight is 343 g/mol. The molecule has 0 saturated heterocycles. The van der Waals surface area contributed by atoms with E-state index in [2.05, 4.69) is 13.5 Å². The van der Waals surface area contributed by atoms with Gasteiger partial charge in [0.2, 0.25) is 0 Å². The van der Waals surface area contributed by atoms with E-state index in [-0.39, 0.29) is 12.7 Å². The van der Waals surface area contributed by atoms with Gasteiger partial charge in [0.1, 0.15) is 6.10 Å². The van der Waals surface area contributed by atoms with Crippen LogP contribution >= 0.6 is 0 Å². The Morgan fingerprint density at radius 2 is 1.25 bits per heavy atom. The average Bonchev–Trinajstić information content (AvgIpc) is 2.60. The number of unbranched alkanes of at least 4 members (excludes halogenated alkanes) is 13. The zero-order valence-electron chi connectivity index (χ0n) is 16.1. The molecule has 0 fully saturated rings. The molecule has 3 heteroatoms. The van der Waals surface area contributed by atoms with Gasteiger partial charge in [-0.15, -0.1) is 0 Å². The van der Waals surface area contributed by atoms with Crippen LogP contribution in [-0.2, 0) is 9.47 Å². The van der Waals surface area contributed by atoms with Crippen LogP contribution in [-0.4, -0.2) is 31.0 Å². The molecule has 3 nitrogen and oxygen atoms in total. The maximum atomic E-state index is 9.03. The van der Waals surface area contributed by atoms with E-state index in [4.69, 9.17) is 14.6 Å². The molecule has 0 spiro atoms. The van der Waals surface area contributed by atoms with Crippen molar-refractivity contribution >= 4 is 0 Å². The van der Waals surface area contributed by atoms with Gasteiger partial charge in [-0.2, -0.15) is 0 Å². The van der Waals surface area contributed by atoms with Crippen LogP contribution in [0.3, 0.4) is 0 Å². The highest BCUT2D eigenvalue weighted by molar-refractivity contribution is 4.60. The van der Waals surface area contributed by atoms with E-state index in [0.29, 0.717) is 6.61 Å². The highest BCUT2D eigenvalue weighted by atomic mass is 16.5. The molecule has 1 N–H and O–H groups in total. The fourth-order valence-corrected chi connectivity index (χ4v) is 2.88. The lowest BCUT2D eigenvalue weighted by Crippen LogP contribution is -2.22. The zero-order valence-corrected chi connectivity index (χ0v) is 16.1. The molecular weight excluding hydrogens is 300 g/mol. The Morgan fingerprint density at radius 1 is 0.792 bits per heavy atom. The predicted octanol–water partition coefficient (Wildman–Crippen LogP) is 6.01. The molecule has 0 aromatic carbocycles. The molecule has 0 aliphatic heterocycles. The quantitative estimate of drug-likeness (QED) is 0.218. The van der Waals surface area contributed by atoms with Gasteiger partial charge in [0.05, 0.1) is 19.5 Å². The Hall–Kier alpha value is -0.540. The number of rotatable bonds is 20. The molecule has 0 bridgehead atoms. The monoisotopic (exact) mass is 342 g/mol. The first-order chi connectivity index (χ1) is 11.8. The molecule has 1 atom stereocenters. The van der Waals surface area contributed by atoms with Crippen molar-refractivity contribution in [3.8, 4) is 0 Å². The van der Waals surface area contributed by atoms with Crippen molar-refractivity contribution in [1.29, 1.82) is 0 Å². The van der Waals surface area contributed by atoms with Gasteiger partial charge < -0.3 is 14.6 Å². The summed E-state index contributed by atoms with van der Waals surface area (Å²) < 4.78 is 10.6. The third-order valence-electron chi connectivity index (χ3n) is 4.44. The topological polar surface area (TPSA) is 38.7 Å². The first-order valence-electron chi connectivity index (χ1n) is 10.3. The SMILES string of the molecule is C=COC(CO)COCCCCCCCCCCCCCCCC. The van der Waals surface area contributed by atoms with Crippen molar-refractivity contribution in [2.45, 2.75) is 103 Å². The lowest BCUT2D eigenvalue weighted by atomic mass is 10.0. The maximum absolute atomic E-state index is 9.03. The van der Waals surface area contributed by atoms with Crippen molar-refractivity contribution in [3.05, 3.63) is 12.8 Å².